The van der Waals surface area contributed by atoms with E-state index in [9.17, 15) is 43.5 Å². The van der Waals surface area contributed by atoms with Gasteiger partial charge in [-0.3, -0.25) is 33.6 Å². The summed E-state index contributed by atoms with van der Waals surface area (Å²) in [7, 11) is 0. The van der Waals surface area contributed by atoms with Crippen molar-refractivity contribution in [3.63, 3.8) is 0 Å². The second kappa shape index (κ2) is 33.5. The number of carbonyl (C=O) groups excluding carboxylic acids is 7. The van der Waals surface area contributed by atoms with Crippen molar-refractivity contribution >= 4 is 59.4 Å². The maximum absolute atomic E-state index is 14.2. The van der Waals surface area contributed by atoms with E-state index in [-0.39, 0.29) is 85.7 Å². The summed E-state index contributed by atoms with van der Waals surface area (Å²) in [6.07, 6.45) is 10.9. The Morgan fingerprint density at radius 2 is 0.886 bits per heavy atom. The molecule has 0 radical (unpaired) electrons. The highest BCUT2D eigenvalue weighted by atomic mass is 35.5. The molecule has 13 nitrogen and oxygen atoms in total. The van der Waals surface area contributed by atoms with Crippen molar-refractivity contribution in [1.82, 2.24) is 10.2 Å². The molecular weight excluding hydrogens is 1130 g/mol. The molecule has 2 saturated heterocycles. The van der Waals surface area contributed by atoms with E-state index in [0.29, 0.717) is 64.5 Å². The average Bonchev–Trinajstić information content (AvgIpc) is 3.66. The number of halogens is 1. The first-order valence-electron chi connectivity index (χ1n) is 31.1. The molecule has 4 atom stereocenters. The van der Waals surface area contributed by atoms with E-state index in [1.807, 2.05) is 158 Å². The fraction of sp³-hybridized carbons (Fsp3) is 0.405. The molecule has 0 aromatic heterocycles. The fourth-order valence-electron chi connectivity index (χ4n) is 13.1. The number of carboxylic acids is 1. The number of nitrogens with one attached hydrogen (secondary N) is 1. The van der Waals surface area contributed by atoms with Gasteiger partial charge in [0.15, 0.2) is 0 Å². The quantitative estimate of drug-likeness (QED) is 0.0546. The Labute approximate surface area is 524 Å². The van der Waals surface area contributed by atoms with Gasteiger partial charge in [0.1, 0.15) is 48.4 Å². The fourth-order valence-corrected chi connectivity index (χ4v) is 13.1. The highest BCUT2D eigenvalue weighted by Crippen LogP contribution is 2.45. The van der Waals surface area contributed by atoms with Crippen molar-refractivity contribution < 1.29 is 52.9 Å². The first kappa shape index (κ1) is 67.6. The van der Waals surface area contributed by atoms with Crippen LogP contribution in [0.25, 0.3) is 22.3 Å². The van der Waals surface area contributed by atoms with E-state index >= 15 is 0 Å². The van der Waals surface area contributed by atoms with Gasteiger partial charge in [-0.25, -0.2) is 4.79 Å². The summed E-state index contributed by atoms with van der Waals surface area (Å²) in [6, 6.07) is 54.5. The molecular formula is C74H85ClN2O11. The molecule has 2 saturated carbocycles. The Bertz CT molecular complexity index is 3230. The van der Waals surface area contributed by atoms with E-state index < -0.39 is 40.6 Å². The predicted octanol–water partition coefficient (Wildman–Crippen LogP) is 13.7. The van der Waals surface area contributed by atoms with Gasteiger partial charge in [0, 0.05) is 49.0 Å². The minimum absolute atomic E-state index is 0. The molecule has 2 N–H and O–H groups in total. The maximum atomic E-state index is 14.2. The Morgan fingerprint density at radius 3 is 1.30 bits per heavy atom. The number of amides is 1. The van der Waals surface area contributed by atoms with Crippen molar-refractivity contribution in [3.8, 4) is 22.3 Å². The monoisotopic (exact) mass is 1210 g/mol. The number of hydrogen-bond acceptors (Lipinski definition) is 11. The first-order chi connectivity index (χ1) is 42.1. The van der Waals surface area contributed by atoms with Crippen LogP contribution in [0.5, 0.6) is 0 Å². The summed E-state index contributed by atoms with van der Waals surface area (Å²) in [5.74, 6) is -3.11. The second-order valence-electron chi connectivity index (χ2n) is 24.3. The average molecular weight is 1210 g/mol. The Morgan fingerprint density at radius 1 is 0.489 bits per heavy atom. The molecule has 4 fully saturated rings. The van der Waals surface area contributed by atoms with Crippen LogP contribution < -0.4 is 5.32 Å². The molecule has 2 aliphatic heterocycles. The molecule has 6 aromatic carbocycles. The number of carboxylic acid groups (broad SMARTS) is 1. The van der Waals surface area contributed by atoms with Gasteiger partial charge < -0.3 is 24.8 Å². The Hall–Kier alpha value is -7.87. The molecule has 4 aliphatic rings. The van der Waals surface area contributed by atoms with Crippen LogP contribution in [0.4, 0.5) is 0 Å². The van der Waals surface area contributed by atoms with Gasteiger partial charge in [0.25, 0.3) is 0 Å². The number of ketones is 4. The zero-order valence-electron chi connectivity index (χ0n) is 50.9. The predicted molar refractivity (Wildman–Crippen MR) is 343 cm³/mol. The summed E-state index contributed by atoms with van der Waals surface area (Å²) >= 11 is 0. The number of carbonyl (C=O) groups is 8. The Kier molecular flexibility index (Phi) is 25.7. The van der Waals surface area contributed by atoms with Crippen LogP contribution in [0, 0.1) is 22.7 Å². The number of nitrogens with zero attached hydrogens (tertiary/aromatic N) is 1. The summed E-state index contributed by atoms with van der Waals surface area (Å²) in [4.78, 5) is 103. The van der Waals surface area contributed by atoms with Gasteiger partial charge in [-0.1, -0.05) is 196 Å². The molecule has 88 heavy (non-hydrogen) atoms. The summed E-state index contributed by atoms with van der Waals surface area (Å²) < 4.78 is 10.8. The third kappa shape index (κ3) is 19.3. The molecule has 2 heterocycles. The lowest BCUT2D eigenvalue weighted by Crippen LogP contribution is -2.46. The number of benzene rings is 6. The first-order valence-corrected chi connectivity index (χ1v) is 31.1. The minimum Gasteiger partial charge on any atom is -0.481 e. The van der Waals surface area contributed by atoms with Crippen LogP contribution in [0.1, 0.15) is 139 Å². The maximum Gasteiger partial charge on any atom is 0.329 e. The van der Waals surface area contributed by atoms with Crippen molar-refractivity contribution in [2.45, 2.75) is 155 Å². The van der Waals surface area contributed by atoms with Crippen LogP contribution in [0.2, 0.25) is 0 Å². The molecule has 6 aromatic rings. The summed E-state index contributed by atoms with van der Waals surface area (Å²) in [5, 5.41) is 12.8. The van der Waals surface area contributed by atoms with Gasteiger partial charge in [-0.15, -0.1) is 12.4 Å². The van der Waals surface area contributed by atoms with E-state index in [4.69, 9.17) is 9.47 Å². The second-order valence-corrected chi connectivity index (χ2v) is 24.3. The molecule has 14 heteroatoms. The number of aliphatic carboxylic acids is 1. The Balaban J connectivity index is 0.000000210. The smallest absolute Gasteiger partial charge is 0.329 e. The van der Waals surface area contributed by atoms with Gasteiger partial charge in [-0.05, 0) is 129 Å². The largest absolute Gasteiger partial charge is 0.481 e. The SMILES string of the molecule is CC(=O)CC1(C(=O)C[C@@H](Cc2ccc(-c3ccccc3)cc2)C(=O)N2CCC[C@H]2C(=O)OCc2ccccc2)CCCC1.CC(=O)CC1(C(=O)C[C@@H](Cc2ccc(-c3ccccc3)cc2)C(=O)O)CCCC1.Cl.O=C(OCc1ccccc1)[C@@H]1CCCN1. The van der Waals surface area contributed by atoms with E-state index in [0.717, 1.165) is 89.6 Å². The normalized spacial score (nSPS) is 17.7. The molecule has 2 aliphatic carbocycles. The highest BCUT2D eigenvalue weighted by molar-refractivity contribution is 5.95. The standard InChI is InChI=1S/C37H41NO5.C25H28O4.C12H15NO2.ClH/c1-27(39)25-37(20-8-9-21-37)34(40)24-32(23-28-16-18-31(19-17-28)30-13-6-3-7-14-30)35(41)38-22-10-15-33(38)36(42)43-26-29-11-4-2-5-12-29;1-18(26)17-25(13-5-6-14-25)23(27)16-22(24(28)29)15-19-9-11-21(12-10-19)20-7-3-2-4-8-20;14-12(11-7-4-8-13-11)15-9-10-5-2-1-3-6-10;/h2-7,11-14,16-19,32-33H,8-10,15,20-26H2,1H3;2-4,7-12,22H,5-6,13-17H2,1H3,(H,28,29);1-3,5-6,11,13H,4,7-9H2;1H/t32-,33+;22-;11-;/m110./s1. The topological polar surface area (TPSA) is 191 Å². The van der Waals surface area contributed by atoms with Gasteiger partial charge in [0.2, 0.25) is 5.91 Å². The van der Waals surface area contributed by atoms with Gasteiger partial charge >= 0.3 is 17.9 Å². The van der Waals surface area contributed by atoms with Crippen LogP contribution in [0.3, 0.4) is 0 Å². The molecule has 1 amide bonds. The highest BCUT2D eigenvalue weighted by Gasteiger charge is 2.46. The third-order valence-electron chi connectivity index (χ3n) is 17.7. The van der Waals surface area contributed by atoms with Crippen molar-refractivity contribution in [1.29, 1.82) is 0 Å². The molecule has 10 rings (SSSR count). The van der Waals surface area contributed by atoms with Crippen molar-refractivity contribution in [2.75, 3.05) is 13.1 Å². The van der Waals surface area contributed by atoms with Crippen LogP contribution in [-0.2, 0) is 73.9 Å². The molecule has 0 bridgehead atoms. The summed E-state index contributed by atoms with van der Waals surface area (Å²) in [5.41, 5.74) is 6.83. The number of likely N-dealkylation sites (tertiary alicyclic amines) is 1. The van der Waals surface area contributed by atoms with E-state index in [1.54, 1.807) is 11.8 Å². The van der Waals surface area contributed by atoms with Crippen LogP contribution in [-0.4, -0.2) is 82.1 Å². The number of hydrogen-bond donors (Lipinski definition) is 2. The zero-order valence-corrected chi connectivity index (χ0v) is 51.7. The van der Waals surface area contributed by atoms with Crippen LogP contribution >= 0.6 is 12.4 Å². The zero-order chi connectivity index (χ0) is 61.6. The lowest BCUT2D eigenvalue weighted by molar-refractivity contribution is -0.156. The lowest BCUT2D eigenvalue weighted by Gasteiger charge is -2.31. The number of ether oxygens (including phenoxy) is 2. The molecule has 0 unspecified atom stereocenters. The summed E-state index contributed by atoms with van der Waals surface area (Å²) in [6.45, 7) is 4.96. The number of esters is 2. The van der Waals surface area contributed by atoms with Gasteiger partial charge in [0.05, 0.1) is 5.92 Å². The third-order valence-corrected chi connectivity index (χ3v) is 17.7. The van der Waals surface area contributed by atoms with E-state index in [2.05, 4.69) is 17.4 Å². The van der Waals surface area contributed by atoms with E-state index in [1.165, 1.54) is 6.92 Å². The lowest BCUT2D eigenvalue weighted by atomic mass is 9.74. The minimum atomic E-state index is -0.957. The van der Waals surface area contributed by atoms with Crippen LogP contribution in [0.15, 0.2) is 170 Å². The van der Waals surface area contributed by atoms with Crippen molar-refractivity contribution in [3.05, 3.63) is 192 Å². The number of rotatable bonds is 24. The number of Topliss-reactive ketones (excluding diaryl/α,β-unsaturated/α-hetero) is 4. The molecule has 0 spiro atoms. The van der Waals surface area contributed by atoms with Crippen molar-refractivity contribution in [2.24, 2.45) is 22.7 Å². The van der Waals surface area contributed by atoms with Gasteiger partial charge in [-0.2, -0.15) is 0 Å². The molecule has 464 valence electrons.